The number of hydrogen-bond donors (Lipinski definition) is 2. The number of rotatable bonds is 8. The van der Waals surface area contributed by atoms with Gasteiger partial charge in [-0.05, 0) is 19.3 Å². The van der Waals surface area contributed by atoms with Gasteiger partial charge in [-0.1, -0.05) is 13.8 Å². The molecule has 0 radical (unpaired) electrons. The maximum Gasteiger partial charge on any atom is 0.233 e. The molecule has 0 bridgehead atoms. The van der Waals surface area contributed by atoms with Crippen molar-refractivity contribution in [3.8, 4) is 0 Å². The van der Waals surface area contributed by atoms with Crippen LogP contribution in [0.15, 0.2) is 0 Å². The summed E-state index contributed by atoms with van der Waals surface area (Å²) in [6.45, 7) is 6.77. The van der Waals surface area contributed by atoms with Gasteiger partial charge in [0.25, 0.3) is 0 Å². The molecule has 0 aliphatic heterocycles. The number of hydrogen-bond acceptors (Lipinski definition) is 4. The van der Waals surface area contributed by atoms with Crippen molar-refractivity contribution in [2.75, 3.05) is 25.1 Å². The fraction of sp³-hybridized carbons (Fsp3) is 0.909. The monoisotopic (exact) mass is 264 g/mol. The van der Waals surface area contributed by atoms with Crippen LogP contribution in [-0.2, 0) is 14.6 Å². The molecule has 0 aromatic carbocycles. The van der Waals surface area contributed by atoms with Crippen molar-refractivity contribution in [1.29, 1.82) is 0 Å². The smallest absolute Gasteiger partial charge is 0.233 e. The molecule has 0 spiro atoms. The first-order valence-electron chi connectivity index (χ1n) is 5.88. The van der Waals surface area contributed by atoms with Gasteiger partial charge in [-0.25, -0.2) is 8.42 Å². The minimum Gasteiger partial charge on any atom is -0.355 e. The maximum absolute atomic E-state index is 11.4. The standard InChI is InChI=1S/C11H24N2O3S/c1-9(2)5-6-12-11(14)7-13-10(3)8-17(4,15)16/h9-10,13H,5-8H2,1-4H3,(H,12,14). The van der Waals surface area contributed by atoms with Gasteiger partial charge < -0.3 is 10.6 Å². The zero-order valence-electron chi connectivity index (χ0n) is 11.1. The highest BCUT2D eigenvalue weighted by molar-refractivity contribution is 7.90. The van der Waals surface area contributed by atoms with E-state index >= 15 is 0 Å². The van der Waals surface area contributed by atoms with E-state index in [1.165, 1.54) is 6.26 Å². The Morgan fingerprint density at radius 2 is 1.82 bits per heavy atom. The van der Waals surface area contributed by atoms with Crippen LogP contribution in [0, 0.1) is 5.92 Å². The van der Waals surface area contributed by atoms with Crippen molar-refractivity contribution >= 4 is 15.7 Å². The van der Waals surface area contributed by atoms with E-state index in [2.05, 4.69) is 24.5 Å². The molecule has 0 aliphatic carbocycles. The molecule has 0 aromatic rings. The van der Waals surface area contributed by atoms with Gasteiger partial charge in [-0.3, -0.25) is 4.79 Å². The lowest BCUT2D eigenvalue weighted by atomic mass is 10.1. The maximum atomic E-state index is 11.4. The van der Waals surface area contributed by atoms with Gasteiger partial charge in [0, 0.05) is 18.8 Å². The van der Waals surface area contributed by atoms with Crippen LogP contribution in [0.25, 0.3) is 0 Å². The van der Waals surface area contributed by atoms with E-state index in [1.807, 2.05) is 0 Å². The lowest BCUT2D eigenvalue weighted by Gasteiger charge is -2.13. The molecule has 0 aliphatic rings. The molecular weight excluding hydrogens is 240 g/mol. The molecule has 6 heteroatoms. The molecule has 2 N–H and O–H groups in total. The molecule has 17 heavy (non-hydrogen) atoms. The third-order valence-electron chi connectivity index (χ3n) is 2.21. The van der Waals surface area contributed by atoms with Crippen molar-refractivity contribution in [2.45, 2.75) is 33.2 Å². The lowest BCUT2D eigenvalue weighted by Crippen LogP contribution is -2.41. The quantitative estimate of drug-likeness (QED) is 0.655. The van der Waals surface area contributed by atoms with Gasteiger partial charge in [0.1, 0.15) is 9.84 Å². The Labute approximate surface area is 104 Å². The van der Waals surface area contributed by atoms with Gasteiger partial charge in [-0.15, -0.1) is 0 Å². The van der Waals surface area contributed by atoms with Gasteiger partial charge in [0.05, 0.1) is 12.3 Å². The molecule has 0 rings (SSSR count). The van der Waals surface area contributed by atoms with Crippen molar-refractivity contribution in [1.82, 2.24) is 10.6 Å². The molecule has 102 valence electrons. The number of carbonyl (C=O) groups is 1. The van der Waals surface area contributed by atoms with Crippen molar-refractivity contribution in [3.63, 3.8) is 0 Å². The van der Waals surface area contributed by atoms with Gasteiger partial charge in [0.15, 0.2) is 0 Å². The summed E-state index contributed by atoms with van der Waals surface area (Å²) in [5, 5.41) is 5.67. The third-order valence-corrected chi connectivity index (χ3v) is 3.31. The van der Waals surface area contributed by atoms with E-state index in [1.54, 1.807) is 6.92 Å². The Hall–Kier alpha value is -0.620. The van der Waals surface area contributed by atoms with Crippen molar-refractivity contribution < 1.29 is 13.2 Å². The first kappa shape index (κ1) is 16.4. The Kier molecular flexibility index (Phi) is 7.38. The van der Waals surface area contributed by atoms with Crippen LogP contribution < -0.4 is 10.6 Å². The molecule has 0 heterocycles. The summed E-state index contributed by atoms with van der Waals surface area (Å²) in [4.78, 5) is 11.4. The normalized spacial score (nSPS) is 13.7. The van der Waals surface area contributed by atoms with Crippen LogP contribution in [0.3, 0.4) is 0 Å². The molecule has 1 atom stereocenters. The Balaban J connectivity index is 3.70. The molecule has 0 aromatic heterocycles. The van der Waals surface area contributed by atoms with Crippen LogP contribution in [0.4, 0.5) is 0 Å². The highest BCUT2D eigenvalue weighted by Gasteiger charge is 2.11. The number of sulfone groups is 1. The second-order valence-corrected chi connectivity index (χ2v) is 7.09. The molecule has 0 fully saturated rings. The zero-order chi connectivity index (χ0) is 13.5. The van der Waals surface area contributed by atoms with Crippen LogP contribution >= 0.6 is 0 Å². The van der Waals surface area contributed by atoms with Crippen LogP contribution in [-0.4, -0.2) is 45.5 Å². The van der Waals surface area contributed by atoms with Crippen LogP contribution in [0.5, 0.6) is 0 Å². The minimum absolute atomic E-state index is 0.0479. The molecule has 1 unspecified atom stereocenters. The average Bonchev–Trinajstić information content (AvgIpc) is 2.11. The van der Waals surface area contributed by atoms with E-state index in [0.29, 0.717) is 12.5 Å². The highest BCUT2D eigenvalue weighted by atomic mass is 32.2. The largest absolute Gasteiger partial charge is 0.355 e. The second-order valence-electron chi connectivity index (χ2n) is 4.91. The first-order valence-corrected chi connectivity index (χ1v) is 7.94. The van der Waals surface area contributed by atoms with Crippen molar-refractivity contribution in [2.24, 2.45) is 5.92 Å². The lowest BCUT2D eigenvalue weighted by molar-refractivity contribution is -0.120. The Morgan fingerprint density at radius 3 is 2.29 bits per heavy atom. The molecule has 0 saturated carbocycles. The van der Waals surface area contributed by atoms with Gasteiger partial charge >= 0.3 is 0 Å². The summed E-state index contributed by atoms with van der Waals surface area (Å²) in [7, 11) is -2.99. The molecule has 5 nitrogen and oxygen atoms in total. The summed E-state index contributed by atoms with van der Waals surface area (Å²) in [5.41, 5.74) is 0. The number of carbonyl (C=O) groups excluding carboxylic acids is 1. The molecular formula is C11H24N2O3S. The minimum atomic E-state index is -2.99. The zero-order valence-corrected chi connectivity index (χ0v) is 11.9. The fourth-order valence-corrected chi connectivity index (χ4v) is 2.37. The summed E-state index contributed by atoms with van der Waals surface area (Å²) in [5.74, 6) is 0.519. The summed E-state index contributed by atoms with van der Waals surface area (Å²) in [6.07, 6.45) is 2.14. The Bertz CT molecular complexity index is 326. The fourth-order valence-electron chi connectivity index (χ4n) is 1.34. The van der Waals surface area contributed by atoms with E-state index in [0.717, 1.165) is 6.42 Å². The second kappa shape index (κ2) is 7.66. The van der Waals surface area contributed by atoms with E-state index < -0.39 is 9.84 Å². The van der Waals surface area contributed by atoms with Crippen molar-refractivity contribution in [3.05, 3.63) is 0 Å². The van der Waals surface area contributed by atoms with Crippen LogP contribution in [0.2, 0.25) is 0 Å². The molecule has 0 saturated heterocycles. The summed E-state index contributed by atoms with van der Waals surface area (Å²) >= 11 is 0. The molecule has 1 amide bonds. The summed E-state index contributed by atoms with van der Waals surface area (Å²) in [6, 6.07) is -0.208. The topological polar surface area (TPSA) is 75.3 Å². The average molecular weight is 264 g/mol. The number of nitrogens with one attached hydrogen (secondary N) is 2. The van der Waals surface area contributed by atoms with E-state index in [4.69, 9.17) is 0 Å². The Morgan fingerprint density at radius 1 is 1.24 bits per heavy atom. The van der Waals surface area contributed by atoms with Gasteiger partial charge in [-0.2, -0.15) is 0 Å². The number of amides is 1. The van der Waals surface area contributed by atoms with E-state index in [-0.39, 0.29) is 24.2 Å². The van der Waals surface area contributed by atoms with Crippen LogP contribution in [0.1, 0.15) is 27.2 Å². The van der Waals surface area contributed by atoms with Gasteiger partial charge in [0.2, 0.25) is 5.91 Å². The predicted octanol–water partition coefficient (Wildman–Crippen LogP) is 0.171. The SMILES string of the molecule is CC(C)CCNC(=O)CNC(C)CS(C)(=O)=O. The first-order chi connectivity index (χ1) is 7.70. The van der Waals surface area contributed by atoms with E-state index in [9.17, 15) is 13.2 Å². The predicted molar refractivity (Wildman–Crippen MR) is 69.6 cm³/mol. The summed E-state index contributed by atoms with van der Waals surface area (Å²) < 4.78 is 22.0. The third kappa shape index (κ3) is 11.6. The highest BCUT2D eigenvalue weighted by Crippen LogP contribution is 1.96.